The van der Waals surface area contributed by atoms with Crippen molar-refractivity contribution in [3.63, 3.8) is 0 Å². The Labute approximate surface area is 132 Å². The summed E-state index contributed by atoms with van der Waals surface area (Å²) in [4.78, 5) is 0. The van der Waals surface area contributed by atoms with Crippen molar-refractivity contribution in [3.8, 4) is 11.5 Å². The largest absolute Gasteiger partial charge is 0.497 e. The Bertz CT molecular complexity index is 604. The van der Waals surface area contributed by atoms with Crippen molar-refractivity contribution in [2.75, 3.05) is 19.5 Å². The van der Waals surface area contributed by atoms with Gasteiger partial charge in [0.05, 0.1) is 19.2 Å². The Balaban J connectivity index is 2.12. The SMILES string of the molecule is COc1ccc(CNc2ccc(Cl)c(Br)c2)c(OC)c1. The highest BCUT2D eigenvalue weighted by Gasteiger charge is 2.05. The van der Waals surface area contributed by atoms with E-state index in [0.717, 1.165) is 27.2 Å². The molecule has 0 spiro atoms. The second kappa shape index (κ2) is 6.86. The third kappa shape index (κ3) is 3.58. The molecule has 0 atom stereocenters. The summed E-state index contributed by atoms with van der Waals surface area (Å²) in [6, 6.07) is 11.5. The van der Waals surface area contributed by atoms with Gasteiger partial charge in [-0.15, -0.1) is 0 Å². The summed E-state index contributed by atoms with van der Waals surface area (Å²) in [5.74, 6) is 1.57. The van der Waals surface area contributed by atoms with Crippen molar-refractivity contribution < 1.29 is 9.47 Å². The van der Waals surface area contributed by atoms with Crippen LogP contribution in [0, 0.1) is 0 Å². The van der Waals surface area contributed by atoms with Gasteiger partial charge in [-0.2, -0.15) is 0 Å². The average Bonchev–Trinajstić information content (AvgIpc) is 2.48. The first-order valence-electron chi connectivity index (χ1n) is 6.04. The summed E-state index contributed by atoms with van der Waals surface area (Å²) in [5.41, 5.74) is 2.04. The number of methoxy groups -OCH3 is 2. The predicted octanol–water partition coefficient (Wildman–Crippen LogP) is 4.73. The first-order chi connectivity index (χ1) is 9.63. The van der Waals surface area contributed by atoms with E-state index in [4.69, 9.17) is 21.1 Å². The molecule has 3 nitrogen and oxygen atoms in total. The highest BCUT2D eigenvalue weighted by Crippen LogP contribution is 2.28. The van der Waals surface area contributed by atoms with Gasteiger partial charge in [-0.05, 0) is 46.3 Å². The zero-order chi connectivity index (χ0) is 14.5. The molecule has 0 saturated heterocycles. The fourth-order valence-corrected chi connectivity index (χ4v) is 2.30. The van der Waals surface area contributed by atoms with Gasteiger partial charge in [0.25, 0.3) is 0 Å². The average molecular weight is 357 g/mol. The molecule has 0 unspecified atom stereocenters. The molecule has 0 fully saturated rings. The van der Waals surface area contributed by atoms with Crippen LogP contribution in [0.4, 0.5) is 5.69 Å². The number of anilines is 1. The highest BCUT2D eigenvalue weighted by molar-refractivity contribution is 9.10. The van der Waals surface area contributed by atoms with Crippen molar-refractivity contribution in [1.29, 1.82) is 0 Å². The molecule has 2 aromatic carbocycles. The third-order valence-corrected chi connectivity index (χ3v) is 4.11. The van der Waals surface area contributed by atoms with Crippen LogP contribution in [0.2, 0.25) is 5.02 Å². The highest BCUT2D eigenvalue weighted by atomic mass is 79.9. The molecule has 0 aliphatic rings. The monoisotopic (exact) mass is 355 g/mol. The van der Waals surface area contributed by atoms with Gasteiger partial charge in [0.1, 0.15) is 11.5 Å². The van der Waals surface area contributed by atoms with Crippen LogP contribution in [0.1, 0.15) is 5.56 Å². The van der Waals surface area contributed by atoms with E-state index in [1.807, 2.05) is 36.4 Å². The molecule has 1 N–H and O–H groups in total. The first-order valence-corrected chi connectivity index (χ1v) is 7.21. The lowest BCUT2D eigenvalue weighted by atomic mass is 10.2. The third-order valence-electron chi connectivity index (χ3n) is 2.90. The summed E-state index contributed by atoms with van der Waals surface area (Å²) in [5, 5.41) is 4.02. The first kappa shape index (κ1) is 15.0. The van der Waals surface area contributed by atoms with E-state index in [0.29, 0.717) is 11.6 Å². The standard InChI is InChI=1S/C15H15BrClNO2/c1-19-12-5-3-10(15(8-12)20-2)9-18-11-4-6-14(17)13(16)7-11/h3-8,18H,9H2,1-2H3. The second-order valence-electron chi connectivity index (χ2n) is 4.16. The molecule has 2 aromatic rings. The van der Waals surface area contributed by atoms with Crippen molar-refractivity contribution in [1.82, 2.24) is 0 Å². The van der Waals surface area contributed by atoms with Gasteiger partial charge in [0.15, 0.2) is 0 Å². The minimum Gasteiger partial charge on any atom is -0.497 e. The van der Waals surface area contributed by atoms with Gasteiger partial charge >= 0.3 is 0 Å². The quantitative estimate of drug-likeness (QED) is 0.840. The molecule has 2 rings (SSSR count). The van der Waals surface area contributed by atoms with Crippen LogP contribution >= 0.6 is 27.5 Å². The topological polar surface area (TPSA) is 30.5 Å². The summed E-state index contributed by atoms with van der Waals surface area (Å²) in [6.07, 6.45) is 0. The molecular formula is C15H15BrClNO2. The van der Waals surface area contributed by atoms with Crippen LogP contribution in [-0.4, -0.2) is 14.2 Å². The molecule has 20 heavy (non-hydrogen) atoms. The molecule has 0 aliphatic carbocycles. The van der Waals surface area contributed by atoms with Crippen LogP contribution in [0.15, 0.2) is 40.9 Å². The van der Waals surface area contributed by atoms with Crippen LogP contribution in [-0.2, 0) is 6.54 Å². The Morgan fingerprint density at radius 2 is 1.90 bits per heavy atom. The number of nitrogens with one attached hydrogen (secondary N) is 1. The fraction of sp³-hybridized carbons (Fsp3) is 0.200. The van der Waals surface area contributed by atoms with Gasteiger partial charge in [0.2, 0.25) is 0 Å². The van der Waals surface area contributed by atoms with Crippen molar-refractivity contribution in [2.45, 2.75) is 6.54 Å². The van der Waals surface area contributed by atoms with E-state index in [9.17, 15) is 0 Å². The van der Waals surface area contributed by atoms with Gasteiger partial charge in [-0.3, -0.25) is 0 Å². The lowest BCUT2D eigenvalue weighted by Gasteiger charge is -2.12. The molecule has 5 heteroatoms. The van der Waals surface area contributed by atoms with Crippen LogP contribution in [0.3, 0.4) is 0 Å². The van der Waals surface area contributed by atoms with E-state index >= 15 is 0 Å². The number of benzene rings is 2. The maximum atomic E-state index is 5.97. The molecule has 106 valence electrons. The molecular weight excluding hydrogens is 342 g/mol. The van der Waals surface area contributed by atoms with E-state index < -0.39 is 0 Å². The van der Waals surface area contributed by atoms with E-state index in [1.54, 1.807) is 14.2 Å². The summed E-state index contributed by atoms with van der Waals surface area (Å²) >= 11 is 9.38. The van der Waals surface area contributed by atoms with Crippen molar-refractivity contribution in [2.24, 2.45) is 0 Å². The molecule has 0 aromatic heterocycles. The van der Waals surface area contributed by atoms with Crippen molar-refractivity contribution in [3.05, 3.63) is 51.5 Å². The summed E-state index contributed by atoms with van der Waals surface area (Å²) in [6.45, 7) is 0.654. The number of ether oxygens (including phenoxy) is 2. The molecule has 0 radical (unpaired) electrons. The van der Waals surface area contributed by atoms with Gasteiger partial charge in [-0.1, -0.05) is 11.6 Å². The Morgan fingerprint density at radius 3 is 2.55 bits per heavy atom. The number of hydrogen-bond acceptors (Lipinski definition) is 3. The number of hydrogen-bond donors (Lipinski definition) is 1. The van der Waals surface area contributed by atoms with E-state index in [-0.39, 0.29) is 0 Å². The lowest BCUT2D eigenvalue weighted by Crippen LogP contribution is -2.02. The van der Waals surface area contributed by atoms with Gasteiger partial charge in [-0.25, -0.2) is 0 Å². The maximum absolute atomic E-state index is 5.97. The van der Waals surface area contributed by atoms with Gasteiger partial charge in [0, 0.05) is 28.3 Å². The summed E-state index contributed by atoms with van der Waals surface area (Å²) < 4.78 is 11.4. The zero-order valence-corrected chi connectivity index (χ0v) is 13.6. The lowest BCUT2D eigenvalue weighted by molar-refractivity contribution is 0.391. The summed E-state index contributed by atoms with van der Waals surface area (Å²) in [7, 11) is 3.29. The molecule has 0 bridgehead atoms. The maximum Gasteiger partial charge on any atom is 0.127 e. The number of rotatable bonds is 5. The van der Waals surface area contributed by atoms with Crippen molar-refractivity contribution >= 4 is 33.2 Å². The van der Waals surface area contributed by atoms with E-state index in [2.05, 4.69) is 21.2 Å². The predicted molar refractivity (Wildman–Crippen MR) is 86.0 cm³/mol. The Morgan fingerprint density at radius 1 is 1.10 bits per heavy atom. The minimum atomic E-state index is 0.654. The van der Waals surface area contributed by atoms with Crippen LogP contribution < -0.4 is 14.8 Å². The number of halogens is 2. The smallest absolute Gasteiger partial charge is 0.127 e. The Kier molecular flexibility index (Phi) is 5.15. The molecule has 0 heterocycles. The zero-order valence-electron chi connectivity index (χ0n) is 11.2. The second-order valence-corrected chi connectivity index (χ2v) is 5.42. The normalized spacial score (nSPS) is 10.2. The van der Waals surface area contributed by atoms with Gasteiger partial charge < -0.3 is 14.8 Å². The molecule has 0 aliphatic heterocycles. The van der Waals surface area contributed by atoms with Crippen LogP contribution in [0.25, 0.3) is 0 Å². The molecule has 0 saturated carbocycles. The molecule has 0 amide bonds. The Hall–Kier alpha value is -1.39. The van der Waals surface area contributed by atoms with E-state index in [1.165, 1.54) is 0 Å². The van der Waals surface area contributed by atoms with Crippen LogP contribution in [0.5, 0.6) is 11.5 Å². The minimum absolute atomic E-state index is 0.654. The fourth-order valence-electron chi connectivity index (χ4n) is 1.80.